The van der Waals surface area contributed by atoms with Crippen LogP contribution in [-0.2, 0) is 9.53 Å². The zero-order valence-corrected chi connectivity index (χ0v) is 9.47. The quantitative estimate of drug-likeness (QED) is 0.266. The Balaban J connectivity index is 2.78. The van der Waals surface area contributed by atoms with Gasteiger partial charge in [-0.25, -0.2) is 10.6 Å². The summed E-state index contributed by atoms with van der Waals surface area (Å²) in [6.07, 6.45) is 2.88. The van der Waals surface area contributed by atoms with Gasteiger partial charge in [0.15, 0.2) is 0 Å². The molecule has 0 atom stereocenters. The molecule has 5 nitrogen and oxygen atoms in total. The Kier molecular flexibility index (Phi) is 4.90. The number of amides is 1. The minimum Gasteiger partial charge on any atom is -0.463 e. The minimum absolute atomic E-state index is 0.332. The lowest BCUT2D eigenvalue weighted by molar-refractivity contribution is -0.137. The first-order valence-corrected chi connectivity index (χ1v) is 5.13. The number of hydrogen-bond donors (Lipinski definition) is 2. The molecule has 0 heterocycles. The summed E-state index contributed by atoms with van der Waals surface area (Å²) in [5.41, 5.74) is 3.19. The van der Waals surface area contributed by atoms with Crippen molar-refractivity contribution in [2.75, 3.05) is 6.61 Å². The summed E-state index contributed by atoms with van der Waals surface area (Å²) in [4.78, 5) is 22.3. The molecule has 0 aromatic heterocycles. The van der Waals surface area contributed by atoms with Gasteiger partial charge in [-0.1, -0.05) is 12.1 Å². The van der Waals surface area contributed by atoms with Crippen molar-refractivity contribution in [3.05, 3.63) is 41.5 Å². The molecule has 0 fully saturated rings. The predicted molar refractivity (Wildman–Crippen MR) is 63.8 cm³/mol. The second kappa shape index (κ2) is 6.44. The van der Waals surface area contributed by atoms with Gasteiger partial charge in [0.2, 0.25) is 0 Å². The average Bonchev–Trinajstić information content (AvgIpc) is 2.36. The van der Waals surface area contributed by atoms with E-state index in [0.29, 0.717) is 12.2 Å². The van der Waals surface area contributed by atoms with E-state index in [2.05, 4.69) is 0 Å². The van der Waals surface area contributed by atoms with Crippen LogP contribution in [0.25, 0.3) is 6.08 Å². The average molecular weight is 234 g/mol. The van der Waals surface area contributed by atoms with Gasteiger partial charge in [-0.05, 0) is 30.7 Å². The van der Waals surface area contributed by atoms with Gasteiger partial charge in [-0.3, -0.25) is 10.2 Å². The Bertz CT molecular complexity index is 441. The standard InChI is InChI=1S/C12H14N2O3/c1-2-17-11(15)7-6-9-4-3-5-10(8-9)12(16)14-13/h3-8H,2,13H2,1H3,(H,14,16)/b7-6+. The lowest BCUT2D eigenvalue weighted by Crippen LogP contribution is -2.29. The first-order valence-electron chi connectivity index (χ1n) is 5.13. The molecule has 3 N–H and O–H groups in total. The third-order valence-corrected chi connectivity index (χ3v) is 1.98. The predicted octanol–water partition coefficient (Wildman–Crippen LogP) is 0.866. The molecule has 0 unspecified atom stereocenters. The molecule has 0 saturated carbocycles. The highest BCUT2D eigenvalue weighted by atomic mass is 16.5. The molecule has 0 spiro atoms. The van der Waals surface area contributed by atoms with Crippen molar-refractivity contribution in [1.29, 1.82) is 0 Å². The van der Waals surface area contributed by atoms with Crippen LogP contribution in [0.5, 0.6) is 0 Å². The number of ether oxygens (including phenoxy) is 1. The topological polar surface area (TPSA) is 81.4 Å². The van der Waals surface area contributed by atoms with E-state index in [-0.39, 0.29) is 5.91 Å². The van der Waals surface area contributed by atoms with E-state index in [0.717, 1.165) is 5.56 Å². The number of nitrogen functional groups attached to an aromatic ring is 1. The lowest BCUT2D eigenvalue weighted by Gasteiger charge is -2.00. The second-order valence-electron chi connectivity index (χ2n) is 3.18. The number of carbonyl (C=O) groups excluding carboxylic acids is 2. The minimum atomic E-state index is -0.416. The van der Waals surface area contributed by atoms with Crippen LogP contribution in [0, 0.1) is 0 Å². The summed E-state index contributed by atoms with van der Waals surface area (Å²) in [5.74, 6) is 4.23. The Morgan fingerprint density at radius 2 is 2.24 bits per heavy atom. The fourth-order valence-electron chi connectivity index (χ4n) is 1.22. The molecule has 0 aliphatic heterocycles. The van der Waals surface area contributed by atoms with Crippen LogP contribution in [-0.4, -0.2) is 18.5 Å². The van der Waals surface area contributed by atoms with E-state index in [9.17, 15) is 9.59 Å². The molecule has 1 rings (SSSR count). The van der Waals surface area contributed by atoms with Gasteiger partial charge in [-0.15, -0.1) is 0 Å². The van der Waals surface area contributed by atoms with Gasteiger partial charge >= 0.3 is 5.97 Å². The van der Waals surface area contributed by atoms with Crippen molar-refractivity contribution in [1.82, 2.24) is 5.43 Å². The van der Waals surface area contributed by atoms with Crippen molar-refractivity contribution < 1.29 is 14.3 Å². The van der Waals surface area contributed by atoms with Crippen LogP contribution < -0.4 is 11.3 Å². The van der Waals surface area contributed by atoms with E-state index in [1.54, 1.807) is 37.3 Å². The normalized spacial score (nSPS) is 10.2. The summed E-state index contributed by atoms with van der Waals surface area (Å²) < 4.78 is 4.74. The molecule has 1 aromatic carbocycles. The van der Waals surface area contributed by atoms with Gasteiger partial charge in [0, 0.05) is 11.6 Å². The van der Waals surface area contributed by atoms with Gasteiger partial charge in [0.25, 0.3) is 5.91 Å². The highest BCUT2D eigenvalue weighted by molar-refractivity contribution is 5.94. The number of nitrogens with one attached hydrogen (secondary N) is 1. The number of nitrogens with two attached hydrogens (primary N) is 1. The summed E-state index contributed by atoms with van der Waals surface area (Å²) in [7, 11) is 0. The maximum atomic E-state index is 11.3. The third-order valence-electron chi connectivity index (χ3n) is 1.98. The number of hydrogen-bond acceptors (Lipinski definition) is 4. The Labute approximate surface area is 99.2 Å². The van der Waals surface area contributed by atoms with E-state index < -0.39 is 5.97 Å². The molecular weight excluding hydrogens is 220 g/mol. The van der Waals surface area contributed by atoms with E-state index in [4.69, 9.17) is 10.6 Å². The zero-order valence-electron chi connectivity index (χ0n) is 9.47. The van der Waals surface area contributed by atoms with Crippen LogP contribution in [0.15, 0.2) is 30.3 Å². The highest BCUT2D eigenvalue weighted by Crippen LogP contribution is 2.07. The molecule has 0 aliphatic carbocycles. The van der Waals surface area contributed by atoms with E-state index >= 15 is 0 Å². The number of benzene rings is 1. The molecule has 17 heavy (non-hydrogen) atoms. The monoisotopic (exact) mass is 234 g/mol. The molecule has 0 aliphatic rings. The van der Waals surface area contributed by atoms with E-state index in [1.807, 2.05) is 5.43 Å². The van der Waals surface area contributed by atoms with Gasteiger partial charge in [0.1, 0.15) is 0 Å². The van der Waals surface area contributed by atoms with Gasteiger partial charge in [-0.2, -0.15) is 0 Å². The molecule has 0 radical (unpaired) electrons. The molecule has 0 bridgehead atoms. The first kappa shape index (κ1) is 12.9. The number of carbonyl (C=O) groups is 2. The van der Waals surface area contributed by atoms with Crippen molar-refractivity contribution in [2.45, 2.75) is 6.92 Å². The Morgan fingerprint density at radius 1 is 1.47 bits per heavy atom. The summed E-state index contributed by atoms with van der Waals surface area (Å²) in [6.45, 7) is 2.07. The molecule has 90 valence electrons. The molecular formula is C12H14N2O3. The van der Waals surface area contributed by atoms with Crippen molar-refractivity contribution >= 4 is 18.0 Å². The fourth-order valence-corrected chi connectivity index (χ4v) is 1.22. The molecule has 1 aromatic rings. The summed E-state index contributed by atoms with van der Waals surface area (Å²) in [6, 6.07) is 6.72. The second-order valence-corrected chi connectivity index (χ2v) is 3.18. The maximum Gasteiger partial charge on any atom is 0.330 e. The first-order chi connectivity index (χ1) is 8.17. The van der Waals surface area contributed by atoms with Crippen LogP contribution in [0.2, 0.25) is 0 Å². The number of rotatable bonds is 4. The SMILES string of the molecule is CCOC(=O)/C=C/c1cccc(C(=O)NN)c1. The number of esters is 1. The number of hydrazine groups is 1. The van der Waals surface area contributed by atoms with Crippen LogP contribution >= 0.6 is 0 Å². The molecule has 1 amide bonds. The largest absolute Gasteiger partial charge is 0.463 e. The smallest absolute Gasteiger partial charge is 0.330 e. The van der Waals surface area contributed by atoms with Crippen LogP contribution in [0.1, 0.15) is 22.8 Å². The lowest BCUT2D eigenvalue weighted by atomic mass is 10.1. The molecule has 0 saturated heterocycles. The van der Waals surface area contributed by atoms with Crippen LogP contribution in [0.4, 0.5) is 0 Å². The van der Waals surface area contributed by atoms with Crippen molar-refractivity contribution in [2.24, 2.45) is 5.84 Å². The zero-order chi connectivity index (χ0) is 12.7. The molecule has 5 heteroatoms. The third kappa shape index (κ3) is 4.08. The van der Waals surface area contributed by atoms with Gasteiger partial charge in [0.05, 0.1) is 6.61 Å². The fraction of sp³-hybridized carbons (Fsp3) is 0.167. The Morgan fingerprint density at radius 3 is 2.88 bits per heavy atom. The maximum absolute atomic E-state index is 11.3. The Hall–Kier alpha value is -2.14. The highest BCUT2D eigenvalue weighted by Gasteiger charge is 2.02. The summed E-state index contributed by atoms with van der Waals surface area (Å²) >= 11 is 0. The van der Waals surface area contributed by atoms with Gasteiger partial charge < -0.3 is 4.74 Å². The van der Waals surface area contributed by atoms with E-state index in [1.165, 1.54) is 6.08 Å². The van der Waals surface area contributed by atoms with Crippen molar-refractivity contribution in [3.63, 3.8) is 0 Å². The van der Waals surface area contributed by atoms with Crippen molar-refractivity contribution in [3.8, 4) is 0 Å². The van der Waals surface area contributed by atoms with Crippen LogP contribution in [0.3, 0.4) is 0 Å². The summed E-state index contributed by atoms with van der Waals surface area (Å²) in [5, 5.41) is 0.